The summed E-state index contributed by atoms with van der Waals surface area (Å²) in [6.45, 7) is 2.23. The quantitative estimate of drug-likeness (QED) is 0.907. The van der Waals surface area contributed by atoms with Gasteiger partial charge in [-0.15, -0.1) is 0 Å². The second kappa shape index (κ2) is 5.88. The third-order valence-electron chi connectivity index (χ3n) is 3.32. The number of sulfonamides is 1. The molecule has 1 aromatic heterocycles. The van der Waals surface area contributed by atoms with Crippen LogP contribution < -0.4 is 5.32 Å². The molecule has 0 saturated carbocycles. The second-order valence-corrected chi connectivity index (χ2v) is 6.97. The number of hydrogen-bond donors (Lipinski definition) is 1. The number of nitrogens with zero attached hydrogens (tertiary/aromatic N) is 2. The fourth-order valence-electron chi connectivity index (χ4n) is 2.39. The van der Waals surface area contributed by atoms with E-state index in [1.54, 1.807) is 12.1 Å². The van der Waals surface area contributed by atoms with Crippen LogP contribution >= 0.6 is 0 Å². The highest BCUT2D eigenvalue weighted by Crippen LogP contribution is 2.21. The van der Waals surface area contributed by atoms with Crippen molar-refractivity contribution in [2.24, 2.45) is 0 Å². The van der Waals surface area contributed by atoms with E-state index in [-0.39, 0.29) is 5.91 Å². The summed E-state index contributed by atoms with van der Waals surface area (Å²) in [6, 6.07) is 4.69. The summed E-state index contributed by atoms with van der Waals surface area (Å²) in [6.07, 6.45) is 3.33. The van der Waals surface area contributed by atoms with Gasteiger partial charge in [-0.3, -0.25) is 4.79 Å². The number of aromatic nitrogens is 1. The van der Waals surface area contributed by atoms with Crippen LogP contribution in [0.1, 0.15) is 25.0 Å². The molecule has 2 rings (SSSR count). The molecule has 0 spiro atoms. The molecule has 0 aromatic carbocycles. The lowest BCUT2D eigenvalue weighted by atomic mass is 10.0. The number of amides is 1. The van der Waals surface area contributed by atoms with Crippen LogP contribution in [-0.2, 0) is 14.8 Å². The number of carbonyl (C=O) groups is 1. The smallest absolute Gasteiger partial charge is 0.243 e. The molecule has 1 amide bonds. The fourth-order valence-corrected chi connectivity index (χ4v) is 3.51. The highest BCUT2D eigenvalue weighted by Gasteiger charge is 2.34. The summed E-state index contributed by atoms with van der Waals surface area (Å²) in [7, 11) is -3.37. The third kappa shape index (κ3) is 3.55. The van der Waals surface area contributed by atoms with Gasteiger partial charge in [-0.05, 0) is 31.9 Å². The Morgan fingerprint density at radius 1 is 1.40 bits per heavy atom. The Morgan fingerprint density at radius 3 is 2.80 bits per heavy atom. The van der Waals surface area contributed by atoms with Gasteiger partial charge in [0.15, 0.2) is 0 Å². The van der Waals surface area contributed by atoms with E-state index in [1.807, 2.05) is 13.0 Å². The largest absolute Gasteiger partial charge is 0.309 e. The number of piperidine rings is 1. The summed E-state index contributed by atoms with van der Waals surface area (Å²) in [5.41, 5.74) is 0.798. The molecule has 1 aliphatic heterocycles. The Hall–Kier alpha value is -1.47. The Morgan fingerprint density at radius 2 is 2.15 bits per heavy atom. The lowest BCUT2D eigenvalue weighted by Crippen LogP contribution is -2.49. The minimum absolute atomic E-state index is 0.312. The van der Waals surface area contributed by atoms with Gasteiger partial charge in [0, 0.05) is 12.2 Å². The lowest BCUT2D eigenvalue weighted by molar-refractivity contribution is -0.120. The van der Waals surface area contributed by atoms with Crippen LogP contribution in [-0.4, -0.2) is 42.5 Å². The SMILES string of the molecule is Cc1cccc(NC(=O)C2CCCCN2S(C)(=O)=O)n1. The molecule has 6 nitrogen and oxygen atoms in total. The van der Waals surface area contributed by atoms with E-state index < -0.39 is 16.1 Å². The first-order valence-corrected chi connectivity index (χ1v) is 8.44. The van der Waals surface area contributed by atoms with Crippen molar-refractivity contribution >= 4 is 21.7 Å². The highest BCUT2D eigenvalue weighted by molar-refractivity contribution is 7.88. The van der Waals surface area contributed by atoms with Crippen LogP contribution in [0.4, 0.5) is 5.82 Å². The van der Waals surface area contributed by atoms with Crippen molar-refractivity contribution in [3.63, 3.8) is 0 Å². The molecule has 110 valence electrons. The Kier molecular flexibility index (Phi) is 4.39. The number of hydrogen-bond acceptors (Lipinski definition) is 4. The second-order valence-electron chi connectivity index (χ2n) is 5.04. The van der Waals surface area contributed by atoms with Crippen LogP contribution in [0.5, 0.6) is 0 Å². The van der Waals surface area contributed by atoms with E-state index >= 15 is 0 Å². The molecule has 7 heteroatoms. The van der Waals surface area contributed by atoms with Crippen LogP contribution in [0.25, 0.3) is 0 Å². The molecule has 0 aliphatic carbocycles. The predicted octanol–water partition coefficient (Wildman–Crippen LogP) is 1.14. The zero-order valence-electron chi connectivity index (χ0n) is 11.7. The van der Waals surface area contributed by atoms with Crippen molar-refractivity contribution in [1.82, 2.24) is 9.29 Å². The molecule has 1 saturated heterocycles. The molecule has 1 atom stereocenters. The normalized spacial score (nSPS) is 20.6. The van der Waals surface area contributed by atoms with E-state index in [2.05, 4.69) is 10.3 Å². The van der Waals surface area contributed by atoms with Gasteiger partial charge in [0.2, 0.25) is 15.9 Å². The van der Waals surface area contributed by atoms with Crippen molar-refractivity contribution in [3.05, 3.63) is 23.9 Å². The van der Waals surface area contributed by atoms with Crippen LogP contribution in [0, 0.1) is 6.92 Å². The van der Waals surface area contributed by atoms with Crippen LogP contribution in [0.15, 0.2) is 18.2 Å². The zero-order chi connectivity index (χ0) is 14.8. The minimum atomic E-state index is -3.37. The molecule has 2 heterocycles. The number of rotatable bonds is 3. The van der Waals surface area contributed by atoms with Gasteiger partial charge in [0.05, 0.1) is 6.26 Å². The topological polar surface area (TPSA) is 79.4 Å². The number of anilines is 1. The van der Waals surface area contributed by atoms with Gasteiger partial charge in [-0.2, -0.15) is 4.31 Å². The van der Waals surface area contributed by atoms with E-state index in [0.29, 0.717) is 18.8 Å². The van der Waals surface area contributed by atoms with Crippen molar-refractivity contribution in [1.29, 1.82) is 0 Å². The van der Waals surface area contributed by atoms with Gasteiger partial charge in [0.1, 0.15) is 11.9 Å². The summed E-state index contributed by atoms with van der Waals surface area (Å²) < 4.78 is 24.8. The number of nitrogens with one attached hydrogen (secondary N) is 1. The Labute approximate surface area is 119 Å². The van der Waals surface area contributed by atoms with Gasteiger partial charge in [-0.25, -0.2) is 13.4 Å². The number of carbonyl (C=O) groups excluding carboxylic acids is 1. The first kappa shape index (κ1) is 14.9. The maximum Gasteiger partial charge on any atom is 0.243 e. The first-order valence-electron chi connectivity index (χ1n) is 6.59. The van der Waals surface area contributed by atoms with Crippen molar-refractivity contribution in [2.45, 2.75) is 32.2 Å². The molecule has 20 heavy (non-hydrogen) atoms. The molecule has 1 aliphatic rings. The average Bonchev–Trinajstić information content (AvgIpc) is 2.37. The lowest BCUT2D eigenvalue weighted by Gasteiger charge is -2.32. The third-order valence-corrected chi connectivity index (χ3v) is 4.61. The average molecular weight is 297 g/mol. The van der Waals surface area contributed by atoms with Crippen molar-refractivity contribution in [3.8, 4) is 0 Å². The van der Waals surface area contributed by atoms with E-state index in [1.165, 1.54) is 4.31 Å². The monoisotopic (exact) mass is 297 g/mol. The molecule has 1 unspecified atom stereocenters. The molecular weight excluding hydrogens is 278 g/mol. The first-order chi connectivity index (χ1) is 9.38. The Bertz CT molecular complexity index is 601. The predicted molar refractivity (Wildman–Crippen MR) is 76.8 cm³/mol. The van der Waals surface area contributed by atoms with E-state index in [9.17, 15) is 13.2 Å². The van der Waals surface area contributed by atoms with Crippen LogP contribution in [0.2, 0.25) is 0 Å². The van der Waals surface area contributed by atoms with Gasteiger partial charge < -0.3 is 5.32 Å². The summed E-state index contributed by atoms with van der Waals surface area (Å²) in [5, 5.41) is 2.70. The van der Waals surface area contributed by atoms with Crippen LogP contribution in [0.3, 0.4) is 0 Å². The minimum Gasteiger partial charge on any atom is -0.309 e. The maximum absolute atomic E-state index is 12.3. The standard InChI is InChI=1S/C13H19N3O3S/c1-10-6-5-8-12(14-10)15-13(17)11-7-3-4-9-16(11)20(2,18)19/h5-6,8,11H,3-4,7,9H2,1-2H3,(H,14,15,17). The fraction of sp³-hybridized carbons (Fsp3) is 0.538. The zero-order valence-corrected chi connectivity index (χ0v) is 12.5. The van der Waals surface area contributed by atoms with E-state index in [0.717, 1.165) is 24.8 Å². The molecule has 0 bridgehead atoms. The molecule has 1 N–H and O–H groups in total. The van der Waals surface area contributed by atoms with Crippen molar-refractivity contribution in [2.75, 3.05) is 18.1 Å². The number of pyridine rings is 1. The number of aryl methyl sites for hydroxylation is 1. The summed E-state index contributed by atoms with van der Waals surface area (Å²) in [4.78, 5) is 16.5. The molecule has 1 aromatic rings. The maximum atomic E-state index is 12.3. The Balaban J connectivity index is 2.14. The summed E-state index contributed by atoms with van der Waals surface area (Å²) >= 11 is 0. The van der Waals surface area contributed by atoms with Gasteiger partial charge in [-0.1, -0.05) is 12.5 Å². The van der Waals surface area contributed by atoms with Gasteiger partial charge in [0.25, 0.3) is 0 Å². The van der Waals surface area contributed by atoms with Gasteiger partial charge >= 0.3 is 0 Å². The molecular formula is C13H19N3O3S. The van der Waals surface area contributed by atoms with E-state index in [4.69, 9.17) is 0 Å². The van der Waals surface area contributed by atoms with Crippen molar-refractivity contribution < 1.29 is 13.2 Å². The summed E-state index contributed by atoms with van der Waals surface area (Å²) in [5.74, 6) is 0.141. The molecule has 1 fully saturated rings. The highest BCUT2D eigenvalue weighted by atomic mass is 32.2. The molecule has 0 radical (unpaired) electrons.